The minimum Gasteiger partial charge on any atom is -0.325 e. The predicted molar refractivity (Wildman–Crippen MR) is 104 cm³/mol. The monoisotopic (exact) mass is 392 g/mol. The summed E-state index contributed by atoms with van der Waals surface area (Å²) < 4.78 is 2.07. The lowest BCUT2D eigenvalue weighted by atomic mass is 10.3. The fourth-order valence-electron chi connectivity index (χ4n) is 2.30. The molecule has 0 spiro atoms. The number of anilines is 1. The first-order valence-electron chi connectivity index (χ1n) is 7.82. The molecule has 0 bridgehead atoms. The van der Waals surface area contributed by atoms with Gasteiger partial charge >= 0.3 is 0 Å². The van der Waals surface area contributed by atoms with Crippen LogP contribution in [0.15, 0.2) is 46.9 Å². The van der Waals surface area contributed by atoms with E-state index in [2.05, 4.69) is 27.0 Å². The van der Waals surface area contributed by atoms with E-state index in [4.69, 9.17) is 11.6 Å². The second-order valence-electron chi connectivity index (χ2n) is 5.28. The van der Waals surface area contributed by atoms with Gasteiger partial charge in [-0.25, -0.2) is 0 Å². The molecule has 130 valence electrons. The van der Waals surface area contributed by atoms with Crippen molar-refractivity contribution in [2.24, 2.45) is 0 Å². The third-order valence-electron chi connectivity index (χ3n) is 3.35. The summed E-state index contributed by atoms with van der Waals surface area (Å²) in [6.45, 7) is 2.93. The smallest absolute Gasteiger partial charge is 0.234 e. The SMILES string of the molecule is CCCn1c(SCC(=O)Nc2cccc(Cl)c2)nnc1-c1cccs1. The Morgan fingerprint density at radius 1 is 1.32 bits per heavy atom. The molecule has 0 saturated carbocycles. The van der Waals surface area contributed by atoms with Gasteiger partial charge in [0.1, 0.15) is 0 Å². The van der Waals surface area contributed by atoms with Crippen LogP contribution in [-0.2, 0) is 11.3 Å². The quantitative estimate of drug-likeness (QED) is 0.586. The first kappa shape index (κ1) is 18.0. The Labute approximate surface area is 159 Å². The standard InChI is InChI=1S/C17H17ClN4OS2/c1-2-8-22-16(14-7-4-9-24-14)20-21-17(22)25-11-15(23)19-13-6-3-5-12(18)10-13/h3-7,9-10H,2,8,11H2,1H3,(H,19,23). The fourth-order valence-corrected chi connectivity index (χ4v) is 3.97. The zero-order chi connectivity index (χ0) is 17.6. The van der Waals surface area contributed by atoms with Gasteiger partial charge in [0.2, 0.25) is 5.91 Å². The first-order valence-corrected chi connectivity index (χ1v) is 10.1. The van der Waals surface area contributed by atoms with E-state index in [1.165, 1.54) is 11.8 Å². The van der Waals surface area contributed by atoms with Gasteiger partial charge in [-0.05, 0) is 36.1 Å². The summed E-state index contributed by atoms with van der Waals surface area (Å²) in [4.78, 5) is 13.3. The second kappa shape index (κ2) is 8.51. The van der Waals surface area contributed by atoms with Gasteiger partial charge in [-0.3, -0.25) is 4.79 Å². The third-order valence-corrected chi connectivity index (χ3v) is 5.41. The van der Waals surface area contributed by atoms with Crippen molar-refractivity contribution in [3.8, 4) is 10.7 Å². The molecule has 0 aliphatic carbocycles. The average Bonchev–Trinajstić information content (AvgIpc) is 3.23. The summed E-state index contributed by atoms with van der Waals surface area (Å²) in [5.41, 5.74) is 0.687. The van der Waals surface area contributed by atoms with E-state index in [0.29, 0.717) is 10.7 Å². The molecule has 0 radical (unpaired) electrons. The highest BCUT2D eigenvalue weighted by molar-refractivity contribution is 7.99. The number of hydrogen-bond donors (Lipinski definition) is 1. The van der Waals surface area contributed by atoms with E-state index in [1.54, 1.807) is 29.5 Å². The number of thiophene rings is 1. The molecule has 3 aromatic rings. The minimum absolute atomic E-state index is 0.101. The van der Waals surface area contributed by atoms with Crippen molar-refractivity contribution >= 4 is 46.3 Å². The average molecular weight is 393 g/mol. The summed E-state index contributed by atoms with van der Waals surface area (Å²) in [7, 11) is 0. The number of carbonyl (C=O) groups excluding carboxylic acids is 1. The number of amides is 1. The van der Waals surface area contributed by atoms with Gasteiger partial charge in [0, 0.05) is 17.3 Å². The Morgan fingerprint density at radius 3 is 2.92 bits per heavy atom. The Kier molecular flexibility index (Phi) is 6.12. The summed E-state index contributed by atoms with van der Waals surface area (Å²) in [5, 5.41) is 14.8. The number of nitrogens with zero attached hydrogens (tertiary/aromatic N) is 3. The highest BCUT2D eigenvalue weighted by Gasteiger charge is 2.15. The molecule has 0 unspecified atom stereocenters. The summed E-state index contributed by atoms with van der Waals surface area (Å²) in [6, 6.07) is 11.1. The molecule has 1 aromatic carbocycles. The second-order valence-corrected chi connectivity index (χ2v) is 7.61. The molecule has 25 heavy (non-hydrogen) atoms. The van der Waals surface area contributed by atoms with Crippen LogP contribution in [-0.4, -0.2) is 26.4 Å². The molecule has 0 fully saturated rings. The van der Waals surface area contributed by atoms with Crippen LogP contribution in [0.25, 0.3) is 10.7 Å². The summed E-state index contributed by atoms with van der Waals surface area (Å²) in [5.74, 6) is 1.02. The zero-order valence-electron chi connectivity index (χ0n) is 13.6. The van der Waals surface area contributed by atoms with Gasteiger partial charge in [-0.1, -0.05) is 42.4 Å². The summed E-state index contributed by atoms with van der Waals surface area (Å²) in [6.07, 6.45) is 0.971. The minimum atomic E-state index is -0.101. The molecule has 0 aliphatic rings. The van der Waals surface area contributed by atoms with Crippen LogP contribution in [0.2, 0.25) is 5.02 Å². The van der Waals surface area contributed by atoms with Crippen molar-refractivity contribution in [2.75, 3.05) is 11.1 Å². The van der Waals surface area contributed by atoms with Gasteiger partial charge in [0.05, 0.1) is 10.6 Å². The molecule has 5 nitrogen and oxygen atoms in total. The number of benzene rings is 1. The molecule has 0 atom stereocenters. The van der Waals surface area contributed by atoms with Crippen molar-refractivity contribution in [1.82, 2.24) is 14.8 Å². The highest BCUT2D eigenvalue weighted by atomic mass is 35.5. The summed E-state index contributed by atoms with van der Waals surface area (Å²) >= 11 is 8.95. The highest BCUT2D eigenvalue weighted by Crippen LogP contribution is 2.27. The van der Waals surface area contributed by atoms with Crippen molar-refractivity contribution < 1.29 is 4.79 Å². The van der Waals surface area contributed by atoms with Crippen LogP contribution in [0.4, 0.5) is 5.69 Å². The van der Waals surface area contributed by atoms with E-state index in [9.17, 15) is 4.79 Å². The number of rotatable bonds is 7. The van der Waals surface area contributed by atoms with E-state index in [-0.39, 0.29) is 11.7 Å². The first-order chi connectivity index (χ1) is 12.2. The maximum absolute atomic E-state index is 12.2. The van der Waals surface area contributed by atoms with Gasteiger partial charge in [-0.2, -0.15) is 0 Å². The Bertz CT molecular complexity index is 848. The number of carbonyl (C=O) groups is 1. The zero-order valence-corrected chi connectivity index (χ0v) is 16.0. The lowest BCUT2D eigenvalue weighted by Gasteiger charge is -2.08. The van der Waals surface area contributed by atoms with Crippen LogP contribution in [0.3, 0.4) is 0 Å². The molecule has 0 aliphatic heterocycles. The van der Waals surface area contributed by atoms with Crippen LogP contribution in [0.1, 0.15) is 13.3 Å². The normalized spacial score (nSPS) is 10.8. The molecule has 0 saturated heterocycles. The number of nitrogens with one attached hydrogen (secondary N) is 1. The maximum Gasteiger partial charge on any atom is 0.234 e. The van der Waals surface area contributed by atoms with Crippen molar-refractivity contribution in [3.63, 3.8) is 0 Å². The molecule has 3 rings (SSSR count). The van der Waals surface area contributed by atoms with Crippen LogP contribution in [0, 0.1) is 0 Å². The number of halogens is 1. The number of aromatic nitrogens is 3. The molecule has 1 N–H and O–H groups in total. The third kappa shape index (κ3) is 4.62. The molecular weight excluding hydrogens is 376 g/mol. The van der Waals surface area contributed by atoms with E-state index < -0.39 is 0 Å². The van der Waals surface area contributed by atoms with Gasteiger partial charge in [0.25, 0.3) is 0 Å². The Hall–Kier alpha value is -1.83. The number of thioether (sulfide) groups is 1. The lowest BCUT2D eigenvalue weighted by molar-refractivity contribution is -0.113. The van der Waals surface area contributed by atoms with Crippen LogP contribution >= 0.6 is 34.7 Å². The fraction of sp³-hybridized carbons (Fsp3) is 0.235. The molecule has 1 amide bonds. The van der Waals surface area contributed by atoms with Gasteiger partial charge < -0.3 is 9.88 Å². The number of hydrogen-bond acceptors (Lipinski definition) is 5. The van der Waals surface area contributed by atoms with Crippen LogP contribution < -0.4 is 5.32 Å². The van der Waals surface area contributed by atoms with Crippen molar-refractivity contribution in [2.45, 2.75) is 25.0 Å². The van der Waals surface area contributed by atoms with E-state index in [0.717, 1.165) is 28.8 Å². The Morgan fingerprint density at radius 2 is 2.20 bits per heavy atom. The van der Waals surface area contributed by atoms with E-state index in [1.807, 2.05) is 23.6 Å². The molecule has 2 aromatic heterocycles. The van der Waals surface area contributed by atoms with Crippen LogP contribution in [0.5, 0.6) is 0 Å². The van der Waals surface area contributed by atoms with E-state index >= 15 is 0 Å². The van der Waals surface area contributed by atoms with Crippen molar-refractivity contribution in [1.29, 1.82) is 0 Å². The Balaban J connectivity index is 1.67. The molecular formula is C17H17ClN4OS2. The van der Waals surface area contributed by atoms with Gasteiger partial charge in [0.15, 0.2) is 11.0 Å². The largest absolute Gasteiger partial charge is 0.325 e. The predicted octanol–water partition coefficient (Wildman–Crippen LogP) is 4.80. The van der Waals surface area contributed by atoms with Gasteiger partial charge in [-0.15, -0.1) is 21.5 Å². The van der Waals surface area contributed by atoms with Crippen molar-refractivity contribution in [3.05, 3.63) is 46.8 Å². The topological polar surface area (TPSA) is 59.8 Å². The molecule has 2 heterocycles. The lowest BCUT2D eigenvalue weighted by Crippen LogP contribution is -2.14. The molecule has 8 heteroatoms. The maximum atomic E-state index is 12.2.